The van der Waals surface area contributed by atoms with Gasteiger partial charge in [0, 0.05) is 12.1 Å². The molecule has 0 aliphatic carbocycles. The molecule has 24 heavy (non-hydrogen) atoms. The molecule has 7 N–H and O–H groups in total. The lowest BCUT2D eigenvalue weighted by Gasteiger charge is -2.41. The second kappa shape index (κ2) is 8.09. The number of anilines is 2. The van der Waals surface area contributed by atoms with Gasteiger partial charge in [-0.2, -0.15) is 0 Å². The van der Waals surface area contributed by atoms with E-state index >= 15 is 0 Å². The Morgan fingerprint density at radius 1 is 0.958 bits per heavy atom. The Balaban J connectivity index is 0.000000341. The molecule has 0 bridgehead atoms. The molecule has 0 fully saturated rings. The molecule has 0 spiro atoms. The number of aromatic amines is 3. The van der Waals surface area contributed by atoms with E-state index in [1.807, 2.05) is 0 Å². The largest absolute Gasteiger partial charge is 0.529 e. The summed E-state index contributed by atoms with van der Waals surface area (Å²) in [5.41, 5.74) is 12.2. The predicted molar refractivity (Wildman–Crippen MR) is 101 cm³/mol. The highest BCUT2D eigenvalue weighted by atomic mass is 28.4. The molecule has 0 aliphatic heterocycles. The van der Waals surface area contributed by atoms with Gasteiger partial charge in [0.1, 0.15) is 11.6 Å². The van der Waals surface area contributed by atoms with E-state index in [-0.39, 0.29) is 5.56 Å². The summed E-state index contributed by atoms with van der Waals surface area (Å²) in [4.78, 5) is 10.1. The van der Waals surface area contributed by atoms with Gasteiger partial charge in [-0.25, -0.2) is 0 Å². The van der Waals surface area contributed by atoms with Crippen LogP contribution in [0.5, 0.6) is 5.88 Å². The summed E-state index contributed by atoms with van der Waals surface area (Å²) in [5, 5.41) is 11.5. The molecule has 0 amide bonds. The zero-order valence-corrected chi connectivity index (χ0v) is 16.3. The van der Waals surface area contributed by atoms with Gasteiger partial charge in [0.25, 0.3) is 13.9 Å². The van der Waals surface area contributed by atoms with E-state index < -0.39 is 8.32 Å². The summed E-state index contributed by atoms with van der Waals surface area (Å²) in [6.07, 6.45) is 0. The minimum atomic E-state index is -1.89. The first-order chi connectivity index (χ1) is 11.1. The lowest BCUT2D eigenvalue weighted by molar-refractivity contribution is 0.463. The summed E-state index contributed by atoms with van der Waals surface area (Å²) in [6.45, 7) is 13.5. The summed E-state index contributed by atoms with van der Waals surface area (Å²) in [7, 11) is -1.89. The maximum atomic E-state index is 10.1. The van der Waals surface area contributed by atoms with E-state index in [0.29, 0.717) is 34.1 Å². The van der Waals surface area contributed by atoms with E-state index in [1.54, 1.807) is 6.07 Å². The number of aromatic nitrogens is 4. The minimum Gasteiger partial charge on any atom is -0.529 e. The van der Waals surface area contributed by atoms with Crippen LogP contribution in [0.25, 0.3) is 0 Å². The molecule has 8 nitrogen and oxygen atoms in total. The Morgan fingerprint density at radius 2 is 1.50 bits per heavy atom. The quantitative estimate of drug-likeness (QED) is 0.525. The van der Waals surface area contributed by atoms with Crippen LogP contribution in [0.2, 0.25) is 16.6 Å². The summed E-state index contributed by atoms with van der Waals surface area (Å²) in [6, 6.07) is 3.05. The first-order valence-electron chi connectivity index (χ1n) is 8.12. The molecule has 0 saturated heterocycles. The zero-order chi connectivity index (χ0) is 18.5. The summed E-state index contributed by atoms with van der Waals surface area (Å²) in [5.74, 6) is 1.56. The van der Waals surface area contributed by atoms with Crippen LogP contribution < -0.4 is 21.5 Å². The maximum Gasteiger partial charge on any atom is 0.266 e. The topological polar surface area (TPSA) is 139 Å². The van der Waals surface area contributed by atoms with Gasteiger partial charge in [0.2, 0.25) is 5.88 Å². The predicted octanol–water partition coefficient (Wildman–Crippen LogP) is 2.83. The number of hydrogen-bond acceptors (Lipinski definition) is 5. The van der Waals surface area contributed by atoms with Gasteiger partial charge < -0.3 is 15.9 Å². The Bertz CT molecular complexity index is 652. The molecule has 2 aromatic heterocycles. The standard InChI is InChI=1S/C12H25N3OSi.C3H5N3O/c1-8(2)17(9(3)4,10(5)6)16-12-7-11(13)14-15-12;4-2-1-3(7)6-5-2/h7-10H,1-6H3,(H3,13,14,15);1H,(H4,4,5,6,7). The Morgan fingerprint density at radius 3 is 1.75 bits per heavy atom. The number of nitrogens with two attached hydrogens (primary N) is 2. The molecule has 0 radical (unpaired) electrons. The molecular formula is C15H30N6O2Si. The third kappa shape index (κ3) is 4.67. The van der Waals surface area contributed by atoms with Crippen LogP contribution in [0.4, 0.5) is 11.6 Å². The highest BCUT2D eigenvalue weighted by Crippen LogP contribution is 2.42. The summed E-state index contributed by atoms with van der Waals surface area (Å²) < 4.78 is 6.32. The smallest absolute Gasteiger partial charge is 0.266 e. The van der Waals surface area contributed by atoms with Crippen LogP contribution in [0, 0.1) is 0 Å². The average molecular weight is 355 g/mol. The second-order valence-corrected chi connectivity index (χ2v) is 12.2. The molecule has 0 aromatic carbocycles. The second-order valence-electron chi connectivity index (χ2n) is 6.80. The fraction of sp³-hybridized carbons (Fsp3) is 0.600. The van der Waals surface area contributed by atoms with Gasteiger partial charge in [0.15, 0.2) is 0 Å². The average Bonchev–Trinajstić information content (AvgIpc) is 3.03. The van der Waals surface area contributed by atoms with Crippen molar-refractivity contribution in [3.05, 3.63) is 22.5 Å². The molecule has 136 valence electrons. The van der Waals surface area contributed by atoms with Crippen molar-refractivity contribution < 1.29 is 4.43 Å². The molecule has 0 unspecified atom stereocenters. The van der Waals surface area contributed by atoms with Gasteiger partial charge in [-0.3, -0.25) is 20.1 Å². The fourth-order valence-corrected chi connectivity index (χ4v) is 8.43. The molecule has 0 saturated carbocycles. The van der Waals surface area contributed by atoms with E-state index in [1.165, 1.54) is 6.07 Å². The van der Waals surface area contributed by atoms with Crippen molar-refractivity contribution in [1.29, 1.82) is 0 Å². The van der Waals surface area contributed by atoms with E-state index in [9.17, 15) is 4.79 Å². The maximum absolute atomic E-state index is 10.1. The van der Waals surface area contributed by atoms with Gasteiger partial charge in [0.05, 0.1) is 0 Å². The Kier molecular flexibility index (Phi) is 6.70. The number of H-pyrrole nitrogens is 3. The van der Waals surface area contributed by atoms with E-state index in [2.05, 4.69) is 61.9 Å². The first kappa shape index (κ1) is 19.9. The third-order valence-electron chi connectivity index (χ3n) is 4.18. The van der Waals surface area contributed by atoms with Crippen LogP contribution in [0.1, 0.15) is 41.5 Å². The van der Waals surface area contributed by atoms with Crippen molar-refractivity contribution in [2.24, 2.45) is 0 Å². The molecular weight excluding hydrogens is 324 g/mol. The van der Waals surface area contributed by atoms with Crippen molar-refractivity contribution in [3.63, 3.8) is 0 Å². The van der Waals surface area contributed by atoms with Gasteiger partial charge in [-0.05, 0) is 16.6 Å². The summed E-state index contributed by atoms with van der Waals surface area (Å²) >= 11 is 0. The number of nitrogen functional groups attached to an aromatic ring is 2. The monoisotopic (exact) mass is 354 g/mol. The van der Waals surface area contributed by atoms with E-state index in [0.717, 1.165) is 0 Å². The van der Waals surface area contributed by atoms with E-state index in [4.69, 9.17) is 15.9 Å². The van der Waals surface area contributed by atoms with Crippen LogP contribution in [0.3, 0.4) is 0 Å². The van der Waals surface area contributed by atoms with Crippen molar-refractivity contribution in [1.82, 2.24) is 20.4 Å². The van der Waals surface area contributed by atoms with Crippen molar-refractivity contribution in [2.45, 2.75) is 58.2 Å². The lowest BCUT2D eigenvalue weighted by Crippen LogP contribution is -2.50. The third-order valence-corrected chi connectivity index (χ3v) is 10.2. The lowest BCUT2D eigenvalue weighted by atomic mass is 10.5. The van der Waals surface area contributed by atoms with Crippen molar-refractivity contribution in [2.75, 3.05) is 11.5 Å². The van der Waals surface area contributed by atoms with Crippen LogP contribution in [-0.4, -0.2) is 28.7 Å². The SMILES string of the molecule is CC(C)[Si](Oc1cc(N)[nH]n1)(C(C)C)C(C)C.Nc1cc(=O)[nH][nH]1. The van der Waals surface area contributed by atoms with Crippen LogP contribution in [-0.2, 0) is 0 Å². The van der Waals surface area contributed by atoms with Gasteiger partial charge >= 0.3 is 0 Å². The van der Waals surface area contributed by atoms with Gasteiger partial charge in [-0.15, -0.1) is 5.10 Å². The molecule has 2 aromatic rings. The Hall–Kier alpha value is -2.16. The molecule has 2 heterocycles. The molecule has 2 rings (SSSR count). The number of rotatable bonds is 5. The van der Waals surface area contributed by atoms with Crippen molar-refractivity contribution >= 4 is 20.0 Å². The van der Waals surface area contributed by atoms with Crippen molar-refractivity contribution in [3.8, 4) is 5.88 Å². The van der Waals surface area contributed by atoms with Crippen LogP contribution >= 0.6 is 0 Å². The molecule has 0 aliphatic rings. The number of nitrogens with one attached hydrogen (secondary N) is 3. The Labute approximate surface area is 143 Å². The zero-order valence-electron chi connectivity index (χ0n) is 15.3. The van der Waals surface area contributed by atoms with Gasteiger partial charge in [-0.1, -0.05) is 41.5 Å². The number of hydrogen-bond donors (Lipinski definition) is 5. The molecule has 9 heteroatoms. The minimum absolute atomic E-state index is 0.197. The normalized spacial score (nSPS) is 11.7. The highest BCUT2D eigenvalue weighted by Gasteiger charge is 2.47. The molecule has 0 atom stereocenters. The highest BCUT2D eigenvalue weighted by molar-refractivity contribution is 6.78. The first-order valence-corrected chi connectivity index (χ1v) is 10.3. The fourth-order valence-electron chi connectivity index (χ4n) is 3.25. The van der Waals surface area contributed by atoms with Crippen LogP contribution in [0.15, 0.2) is 16.9 Å². The number of nitrogens with zero attached hydrogens (tertiary/aromatic N) is 1.